The van der Waals surface area contributed by atoms with E-state index in [2.05, 4.69) is 5.32 Å². The Balaban J connectivity index is 2.12. The molecular formula is C15H15FN2O2. The number of halogens is 1. The van der Waals surface area contributed by atoms with Gasteiger partial charge in [-0.15, -0.1) is 0 Å². The van der Waals surface area contributed by atoms with Crippen LogP contribution in [0, 0.1) is 5.82 Å². The SMILES string of the molecule is COc1cccc(C(=O)NCc2ccccc2F)c1N. The summed E-state index contributed by atoms with van der Waals surface area (Å²) in [6.45, 7) is 0.0994. The molecule has 0 heterocycles. The summed E-state index contributed by atoms with van der Waals surface area (Å²) in [6.07, 6.45) is 0. The number of nitrogen functional groups attached to an aromatic ring is 1. The second kappa shape index (κ2) is 6.06. The molecule has 4 nitrogen and oxygen atoms in total. The molecule has 2 aromatic carbocycles. The number of amides is 1. The second-order valence-electron chi connectivity index (χ2n) is 4.20. The van der Waals surface area contributed by atoms with Crippen LogP contribution in [0.1, 0.15) is 15.9 Å². The van der Waals surface area contributed by atoms with Gasteiger partial charge in [-0.05, 0) is 18.2 Å². The minimum absolute atomic E-state index is 0.0994. The van der Waals surface area contributed by atoms with Crippen molar-refractivity contribution in [1.29, 1.82) is 0 Å². The third-order valence-electron chi connectivity index (χ3n) is 2.93. The number of hydrogen-bond donors (Lipinski definition) is 2. The molecule has 0 aliphatic rings. The number of rotatable bonds is 4. The van der Waals surface area contributed by atoms with Crippen LogP contribution in [0.2, 0.25) is 0 Å². The van der Waals surface area contributed by atoms with Crippen molar-refractivity contribution in [1.82, 2.24) is 5.32 Å². The topological polar surface area (TPSA) is 64.3 Å². The Morgan fingerprint density at radius 2 is 2.00 bits per heavy atom. The zero-order valence-corrected chi connectivity index (χ0v) is 11.0. The molecule has 3 N–H and O–H groups in total. The molecule has 0 unspecified atom stereocenters. The average molecular weight is 274 g/mol. The molecule has 20 heavy (non-hydrogen) atoms. The molecule has 5 heteroatoms. The first-order chi connectivity index (χ1) is 9.63. The second-order valence-corrected chi connectivity index (χ2v) is 4.20. The number of nitrogens with one attached hydrogen (secondary N) is 1. The lowest BCUT2D eigenvalue weighted by Crippen LogP contribution is -2.24. The normalized spacial score (nSPS) is 10.1. The molecule has 0 aliphatic heterocycles. The van der Waals surface area contributed by atoms with Crippen LogP contribution < -0.4 is 15.8 Å². The molecule has 104 valence electrons. The van der Waals surface area contributed by atoms with Gasteiger partial charge in [0.25, 0.3) is 5.91 Å². The lowest BCUT2D eigenvalue weighted by atomic mass is 10.1. The molecule has 0 fully saturated rings. The van der Waals surface area contributed by atoms with Gasteiger partial charge in [-0.1, -0.05) is 24.3 Å². The van der Waals surface area contributed by atoms with Gasteiger partial charge >= 0.3 is 0 Å². The number of hydrogen-bond acceptors (Lipinski definition) is 3. The monoisotopic (exact) mass is 274 g/mol. The summed E-state index contributed by atoms with van der Waals surface area (Å²) in [6, 6.07) is 11.2. The maximum atomic E-state index is 13.4. The number of benzene rings is 2. The van der Waals surface area contributed by atoms with Gasteiger partial charge in [0.1, 0.15) is 11.6 Å². The summed E-state index contributed by atoms with van der Waals surface area (Å²) in [4.78, 5) is 12.0. The highest BCUT2D eigenvalue weighted by Crippen LogP contribution is 2.24. The Bertz CT molecular complexity index is 629. The number of carbonyl (C=O) groups excluding carboxylic acids is 1. The van der Waals surface area contributed by atoms with Crippen LogP contribution in [0.5, 0.6) is 5.75 Å². The Kier molecular flexibility index (Phi) is 4.20. The quantitative estimate of drug-likeness (QED) is 0.841. The van der Waals surface area contributed by atoms with Crippen molar-refractivity contribution < 1.29 is 13.9 Å². The Morgan fingerprint density at radius 3 is 2.70 bits per heavy atom. The predicted octanol–water partition coefficient (Wildman–Crippen LogP) is 2.35. The van der Waals surface area contributed by atoms with E-state index in [1.165, 1.54) is 13.2 Å². The van der Waals surface area contributed by atoms with Crippen molar-refractivity contribution >= 4 is 11.6 Å². The number of para-hydroxylation sites is 1. The largest absolute Gasteiger partial charge is 0.495 e. The van der Waals surface area contributed by atoms with E-state index in [1.54, 1.807) is 36.4 Å². The van der Waals surface area contributed by atoms with E-state index < -0.39 is 0 Å². The molecule has 0 aromatic heterocycles. The molecular weight excluding hydrogens is 259 g/mol. The standard InChI is InChI=1S/C15H15FN2O2/c1-20-13-8-4-6-11(14(13)17)15(19)18-9-10-5-2-3-7-12(10)16/h2-8H,9,17H2,1H3,(H,18,19). The first-order valence-electron chi connectivity index (χ1n) is 6.07. The van der Waals surface area contributed by atoms with E-state index in [4.69, 9.17) is 10.5 Å². The molecule has 2 aromatic rings. The molecule has 0 atom stereocenters. The van der Waals surface area contributed by atoms with E-state index in [-0.39, 0.29) is 24.0 Å². The third-order valence-corrected chi connectivity index (χ3v) is 2.93. The lowest BCUT2D eigenvalue weighted by molar-refractivity contribution is 0.0951. The molecule has 0 bridgehead atoms. The van der Waals surface area contributed by atoms with Crippen LogP contribution in [0.4, 0.5) is 10.1 Å². The zero-order chi connectivity index (χ0) is 14.5. The van der Waals surface area contributed by atoms with Crippen LogP contribution in [-0.4, -0.2) is 13.0 Å². The summed E-state index contributed by atoms with van der Waals surface area (Å²) in [7, 11) is 1.48. The minimum atomic E-state index is -0.371. The van der Waals surface area contributed by atoms with Gasteiger partial charge in [-0.2, -0.15) is 0 Å². The summed E-state index contributed by atoms with van der Waals surface area (Å²) in [5.74, 6) is -0.292. The van der Waals surface area contributed by atoms with Crippen LogP contribution in [0.25, 0.3) is 0 Å². The maximum absolute atomic E-state index is 13.4. The van der Waals surface area contributed by atoms with Gasteiger partial charge in [0, 0.05) is 12.1 Å². The fourth-order valence-corrected chi connectivity index (χ4v) is 1.83. The fraction of sp³-hybridized carbons (Fsp3) is 0.133. The van der Waals surface area contributed by atoms with Crippen LogP contribution in [0.3, 0.4) is 0 Å². The number of carbonyl (C=O) groups is 1. The molecule has 0 aliphatic carbocycles. The van der Waals surface area contributed by atoms with Crippen LogP contribution in [-0.2, 0) is 6.54 Å². The third kappa shape index (κ3) is 2.88. The fourth-order valence-electron chi connectivity index (χ4n) is 1.83. The summed E-state index contributed by atoms with van der Waals surface area (Å²) >= 11 is 0. The highest BCUT2D eigenvalue weighted by atomic mass is 19.1. The van der Waals surface area contributed by atoms with E-state index in [0.717, 1.165) is 0 Å². The molecule has 1 amide bonds. The molecule has 2 rings (SSSR count). The summed E-state index contributed by atoms with van der Waals surface area (Å²) < 4.78 is 18.5. The molecule has 0 saturated carbocycles. The Hall–Kier alpha value is -2.56. The van der Waals surface area contributed by atoms with Gasteiger partial charge < -0.3 is 15.8 Å². The van der Waals surface area contributed by atoms with Crippen LogP contribution >= 0.6 is 0 Å². The van der Waals surface area contributed by atoms with Gasteiger partial charge in [0.05, 0.1) is 18.4 Å². The van der Waals surface area contributed by atoms with Gasteiger partial charge in [-0.3, -0.25) is 4.79 Å². The predicted molar refractivity (Wildman–Crippen MR) is 75.0 cm³/mol. The Morgan fingerprint density at radius 1 is 1.25 bits per heavy atom. The van der Waals surface area contributed by atoms with Gasteiger partial charge in [-0.25, -0.2) is 4.39 Å². The Labute approximate surface area is 116 Å². The van der Waals surface area contributed by atoms with Crippen molar-refractivity contribution in [3.05, 3.63) is 59.4 Å². The first kappa shape index (κ1) is 13.9. The van der Waals surface area contributed by atoms with Crippen molar-refractivity contribution in [2.45, 2.75) is 6.54 Å². The number of ether oxygens (including phenoxy) is 1. The van der Waals surface area contributed by atoms with E-state index in [9.17, 15) is 9.18 Å². The highest BCUT2D eigenvalue weighted by molar-refractivity contribution is 6.00. The lowest BCUT2D eigenvalue weighted by Gasteiger charge is -2.10. The van der Waals surface area contributed by atoms with Gasteiger partial charge in [0.15, 0.2) is 0 Å². The average Bonchev–Trinajstić information content (AvgIpc) is 2.46. The van der Waals surface area contributed by atoms with Crippen LogP contribution in [0.15, 0.2) is 42.5 Å². The van der Waals surface area contributed by atoms with Crippen molar-refractivity contribution in [2.75, 3.05) is 12.8 Å². The molecule has 0 spiro atoms. The summed E-state index contributed by atoms with van der Waals surface area (Å²) in [5.41, 5.74) is 6.82. The number of nitrogens with two attached hydrogens (primary N) is 1. The smallest absolute Gasteiger partial charge is 0.253 e. The van der Waals surface area contributed by atoms with E-state index >= 15 is 0 Å². The van der Waals surface area contributed by atoms with E-state index in [0.29, 0.717) is 16.9 Å². The van der Waals surface area contributed by atoms with Crippen molar-refractivity contribution in [3.8, 4) is 5.75 Å². The first-order valence-corrected chi connectivity index (χ1v) is 6.07. The molecule has 0 saturated heterocycles. The number of methoxy groups -OCH3 is 1. The molecule has 0 radical (unpaired) electrons. The number of anilines is 1. The van der Waals surface area contributed by atoms with Crippen molar-refractivity contribution in [3.63, 3.8) is 0 Å². The zero-order valence-electron chi connectivity index (χ0n) is 11.0. The van der Waals surface area contributed by atoms with E-state index in [1.807, 2.05) is 0 Å². The van der Waals surface area contributed by atoms with Crippen molar-refractivity contribution in [2.24, 2.45) is 0 Å². The minimum Gasteiger partial charge on any atom is -0.495 e. The summed E-state index contributed by atoms with van der Waals surface area (Å²) in [5, 5.41) is 2.63. The maximum Gasteiger partial charge on any atom is 0.253 e. The van der Waals surface area contributed by atoms with Gasteiger partial charge in [0.2, 0.25) is 0 Å². The highest BCUT2D eigenvalue weighted by Gasteiger charge is 2.13.